The van der Waals surface area contributed by atoms with E-state index in [1.807, 2.05) is 6.92 Å². The number of amides is 1. The minimum atomic E-state index is -0.609. The summed E-state index contributed by atoms with van der Waals surface area (Å²) in [7, 11) is 0. The highest BCUT2D eigenvalue weighted by Crippen LogP contribution is 2.34. The fourth-order valence-corrected chi connectivity index (χ4v) is 3.67. The minimum Gasteiger partial charge on any atom is -0.462 e. The third kappa shape index (κ3) is 4.53. The van der Waals surface area contributed by atoms with Crippen LogP contribution in [0.25, 0.3) is 0 Å². The van der Waals surface area contributed by atoms with Gasteiger partial charge < -0.3 is 14.8 Å². The van der Waals surface area contributed by atoms with Gasteiger partial charge in [0.25, 0.3) is 5.91 Å². The molecule has 0 atom stereocenters. The third-order valence-corrected chi connectivity index (χ3v) is 5.07. The van der Waals surface area contributed by atoms with Gasteiger partial charge in [0.15, 0.2) is 0 Å². The molecule has 0 bridgehead atoms. The predicted molar refractivity (Wildman–Crippen MR) is 105 cm³/mol. The van der Waals surface area contributed by atoms with E-state index in [9.17, 15) is 14.4 Å². The molecule has 0 aliphatic rings. The van der Waals surface area contributed by atoms with E-state index in [1.54, 1.807) is 33.8 Å². The summed E-state index contributed by atoms with van der Waals surface area (Å²) in [6.45, 7) is 8.98. The van der Waals surface area contributed by atoms with Crippen molar-refractivity contribution in [3.63, 3.8) is 0 Å². The van der Waals surface area contributed by atoms with E-state index in [4.69, 9.17) is 9.47 Å². The molecule has 1 N–H and O–H groups in total. The number of hydrogen-bond acceptors (Lipinski definition) is 8. The first-order chi connectivity index (χ1) is 13.3. The number of thiophene rings is 1. The van der Waals surface area contributed by atoms with E-state index in [0.717, 1.165) is 11.3 Å². The molecule has 0 unspecified atom stereocenters. The molecule has 0 aromatic carbocycles. The highest BCUT2D eigenvalue weighted by molar-refractivity contribution is 7.18. The first kappa shape index (κ1) is 21.5. The van der Waals surface area contributed by atoms with Gasteiger partial charge in [-0.1, -0.05) is 6.92 Å². The van der Waals surface area contributed by atoms with Gasteiger partial charge in [-0.2, -0.15) is 10.2 Å². The zero-order valence-electron chi connectivity index (χ0n) is 16.5. The first-order valence-corrected chi connectivity index (χ1v) is 9.77. The van der Waals surface area contributed by atoms with Crippen LogP contribution in [0.15, 0.2) is 6.07 Å². The van der Waals surface area contributed by atoms with E-state index in [2.05, 4.69) is 15.5 Å². The summed E-state index contributed by atoms with van der Waals surface area (Å²) >= 11 is 0.986. The number of aryl methyl sites for hydroxylation is 2. The lowest BCUT2D eigenvalue weighted by molar-refractivity contribution is 0.0527. The van der Waals surface area contributed by atoms with E-state index < -0.39 is 17.8 Å². The number of esters is 2. The molecule has 0 radical (unpaired) electrons. The summed E-state index contributed by atoms with van der Waals surface area (Å²) in [5.41, 5.74) is 2.08. The Balaban J connectivity index is 2.47. The highest BCUT2D eigenvalue weighted by atomic mass is 32.1. The minimum absolute atomic E-state index is 0.153. The van der Waals surface area contributed by atoms with Crippen LogP contribution in [-0.2, 0) is 15.9 Å². The van der Waals surface area contributed by atoms with Crippen LogP contribution in [0, 0.1) is 13.8 Å². The molecule has 2 heterocycles. The SMILES string of the molecule is CCOC(=O)c1sc(NC(=O)c2cc(C)nnc2CC)c(C(=O)OCC)c1C. The van der Waals surface area contributed by atoms with Crippen molar-refractivity contribution in [3.05, 3.63) is 39.0 Å². The summed E-state index contributed by atoms with van der Waals surface area (Å²) in [6.07, 6.45) is 0.526. The van der Waals surface area contributed by atoms with E-state index in [1.165, 1.54) is 0 Å². The maximum Gasteiger partial charge on any atom is 0.348 e. The standard InChI is InChI=1S/C19H23N3O5S/c1-6-13-12(9-10(4)21-22-13)16(23)20-17-14(18(24)26-7-2)11(5)15(28-17)19(25)27-8-3/h9H,6-8H2,1-5H3,(H,20,23). The second kappa shape index (κ2) is 9.41. The topological polar surface area (TPSA) is 107 Å². The number of carbonyl (C=O) groups is 3. The molecule has 0 spiro atoms. The van der Waals surface area contributed by atoms with Crippen molar-refractivity contribution in [2.75, 3.05) is 18.5 Å². The fraction of sp³-hybridized carbons (Fsp3) is 0.421. The Morgan fingerprint density at radius 2 is 1.68 bits per heavy atom. The Hall–Kier alpha value is -2.81. The molecule has 28 heavy (non-hydrogen) atoms. The van der Waals surface area contributed by atoms with Crippen LogP contribution in [0.5, 0.6) is 0 Å². The van der Waals surface area contributed by atoms with Crippen LogP contribution < -0.4 is 5.32 Å². The Morgan fingerprint density at radius 1 is 1.04 bits per heavy atom. The number of nitrogens with one attached hydrogen (secondary N) is 1. The second-order valence-electron chi connectivity index (χ2n) is 5.86. The maximum atomic E-state index is 12.9. The van der Waals surface area contributed by atoms with Gasteiger partial charge in [0.2, 0.25) is 0 Å². The molecule has 0 saturated carbocycles. The van der Waals surface area contributed by atoms with Gasteiger partial charge >= 0.3 is 11.9 Å². The largest absolute Gasteiger partial charge is 0.462 e. The Kier molecular flexibility index (Phi) is 7.22. The number of carbonyl (C=O) groups excluding carboxylic acids is 3. The van der Waals surface area contributed by atoms with E-state index in [-0.39, 0.29) is 28.7 Å². The number of rotatable bonds is 7. The molecular weight excluding hydrogens is 382 g/mol. The summed E-state index contributed by atoms with van der Waals surface area (Å²) in [5.74, 6) is -1.59. The molecule has 0 saturated heterocycles. The highest BCUT2D eigenvalue weighted by Gasteiger charge is 2.28. The van der Waals surface area contributed by atoms with Crippen LogP contribution in [0.2, 0.25) is 0 Å². The quantitative estimate of drug-likeness (QED) is 0.704. The molecule has 0 aliphatic carbocycles. The van der Waals surface area contributed by atoms with Gasteiger partial charge in [-0.25, -0.2) is 9.59 Å². The lowest BCUT2D eigenvalue weighted by Gasteiger charge is -2.09. The molecule has 0 fully saturated rings. The smallest absolute Gasteiger partial charge is 0.348 e. The average molecular weight is 405 g/mol. The van der Waals surface area contributed by atoms with Crippen molar-refractivity contribution in [2.45, 2.75) is 41.0 Å². The van der Waals surface area contributed by atoms with Gasteiger partial charge in [-0.3, -0.25) is 4.79 Å². The Labute approximate surface area is 167 Å². The number of anilines is 1. The normalized spacial score (nSPS) is 10.5. The maximum absolute atomic E-state index is 12.9. The van der Waals surface area contributed by atoms with Gasteiger partial charge in [-0.05, 0) is 45.7 Å². The summed E-state index contributed by atoms with van der Waals surface area (Å²) in [4.78, 5) is 37.8. The van der Waals surface area contributed by atoms with E-state index in [0.29, 0.717) is 28.9 Å². The zero-order valence-corrected chi connectivity index (χ0v) is 17.4. The number of nitrogens with zero attached hydrogens (tertiary/aromatic N) is 2. The number of hydrogen-bond donors (Lipinski definition) is 1. The van der Waals surface area contributed by atoms with Crippen molar-refractivity contribution in [2.24, 2.45) is 0 Å². The summed E-state index contributed by atoms with van der Waals surface area (Å²) in [5, 5.41) is 11.0. The first-order valence-electron chi connectivity index (χ1n) is 8.96. The fourth-order valence-electron chi connectivity index (χ4n) is 2.58. The molecular formula is C19H23N3O5S. The van der Waals surface area contributed by atoms with Crippen LogP contribution in [0.4, 0.5) is 5.00 Å². The lowest BCUT2D eigenvalue weighted by Crippen LogP contribution is -2.17. The molecule has 2 aromatic heterocycles. The summed E-state index contributed by atoms with van der Waals surface area (Å²) in [6, 6.07) is 1.64. The van der Waals surface area contributed by atoms with E-state index >= 15 is 0 Å². The van der Waals surface area contributed by atoms with Crippen LogP contribution in [-0.4, -0.2) is 41.3 Å². The molecule has 0 aliphatic heterocycles. The lowest BCUT2D eigenvalue weighted by atomic mass is 10.1. The monoisotopic (exact) mass is 405 g/mol. The third-order valence-electron chi connectivity index (χ3n) is 3.89. The van der Waals surface area contributed by atoms with Crippen LogP contribution in [0.1, 0.15) is 68.1 Å². The number of ether oxygens (including phenoxy) is 2. The molecule has 2 rings (SSSR count). The van der Waals surface area contributed by atoms with Gasteiger partial charge in [0.1, 0.15) is 9.88 Å². The molecule has 8 nitrogen and oxygen atoms in total. The number of aromatic nitrogens is 2. The molecule has 1 amide bonds. The van der Waals surface area contributed by atoms with Crippen molar-refractivity contribution >= 4 is 34.2 Å². The Morgan fingerprint density at radius 3 is 2.29 bits per heavy atom. The molecule has 2 aromatic rings. The van der Waals surface area contributed by atoms with Gasteiger partial charge in [-0.15, -0.1) is 11.3 Å². The average Bonchev–Trinajstić information content (AvgIpc) is 2.98. The van der Waals surface area contributed by atoms with Crippen molar-refractivity contribution in [3.8, 4) is 0 Å². The van der Waals surface area contributed by atoms with Crippen molar-refractivity contribution in [1.29, 1.82) is 0 Å². The van der Waals surface area contributed by atoms with Crippen molar-refractivity contribution < 1.29 is 23.9 Å². The molecule has 150 valence electrons. The van der Waals surface area contributed by atoms with Crippen LogP contribution >= 0.6 is 11.3 Å². The Bertz CT molecular complexity index is 907. The van der Waals surface area contributed by atoms with Gasteiger partial charge in [0, 0.05) is 0 Å². The predicted octanol–water partition coefficient (Wildman–Crippen LogP) is 3.32. The summed E-state index contributed by atoms with van der Waals surface area (Å²) < 4.78 is 10.1. The zero-order chi connectivity index (χ0) is 20.8. The van der Waals surface area contributed by atoms with Crippen LogP contribution in [0.3, 0.4) is 0 Å². The van der Waals surface area contributed by atoms with Gasteiger partial charge in [0.05, 0.1) is 35.7 Å². The second-order valence-corrected chi connectivity index (χ2v) is 6.88. The molecule has 9 heteroatoms. The van der Waals surface area contributed by atoms with Crippen molar-refractivity contribution in [1.82, 2.24) is 10.2 Å².